The highest BCUT2D eigenvalue weighted by Crippen LogP contribution is 2.31. The minimum Gasteiger partial charge on any atom is -0.487 e. The van der Waals surface area contributed by atoms with Crippen LogP contribution in [-0.4, -0.2) is 42.1 Å². The van der Waals surface area contributed by atoms with Crippen LogP contribution in [0.1, 0.15) is 52.0 Å². The van der Waals surface area contributed by atoms with Crippen molar-refractivity contribution in [3.05, 3.63) is 64.7 Å². The minimum atomic E-state index is -4.53. The van der Waals surface area contributed by atoms with Crippen LogP contribution in [0.5, 0.6) is 5.75 Å². The Bertz CT molecular complexity index is 1110. The second-order valence-electron chi connectivity index (χ2n) is 8.26. The van der Waals surface area contributed by atoms with Crippen LogP contribution in [-0.2, 0) is 11.0 Å². The lowest BCUT2D eigenvalue weighted by Crippen LogP contribution is -2.35. The Kier molecular flexibility index (Phi) is 8.49. The first kappa shape index (κ1) is 26.9. The molecule has 1 aliphatic carbocycles. The summed E-state index contributed by atoms with van der Waals surface area (Å²) in [5.74, 6) is -6.15. The lowest BCUT2D eigenvalue weighted by atomic mass is 9.87. The van der Waals surface area contributed by atoms with Crippen molar-refractivity contribution in [2.45, 2.75) is 38.0 Å². The van der Waals surface area contributed by atoms with Gasteiger partial charge in [-0.15, -0.1) is 0 Å². The molecule has 0 spiro atoms. The molecule has 1 aliphatic rings. The lowest BCUT2D eigenvalue weighted by molar-refractivity contribution is -0.143. The average molecular weight is 514 g/mol. The zero-order valence-electron chi connectivity index (χ0n) is 18.8. The molecule has 0 aliphatic heterocycles. The minimum absolute atomic E-state index is 0.0190. The van der Waals surface area contributed by atoms with Gasteiger partial charge in [0.05, 0.1) is 23.1 Å². The van der Waals surface area contributed by atoms with Gasteiger partial charge in [0.15, 0.2) is 11.6 Å². The third-order valence-electron chi connectivity index (χ3n) is 5.78. The van der Waals surface area contributed by atoms with Crippen molar-refractivity contribution in [2.75, 3.05) is 13.1 Å². The summed E-state index contributed by atoms with van der Waals surface area (Å²) in [7, 11) is 0. The highest BCUT2D eigenvalue weighted by molar-refractivity contribution is 5.95. The van der Waals surface area contributed by atoms with Crippen LogP contribution in [0.3, 0.4) is 0 Å². The largest absolute Gasteiger partial charge is 0.487 e. The van der Waals surface area contributed by atoms with Gasteiger partial charge in [0, 0.05) is 18.7 Å². The Hall–Kier alpha value is -3.70. The summed E-state index contributed by atoms with van der Waals surface area (Å²) in [5, 5.41) is 13.7. The van der Waals surface area contributed by atoms with E-state index in [1.807, 2.05) is 0 Å². The summed E-state index contributed by atoms with van der Waals surface area (Å²) in [4.78, 5) is 35.3. The van der Waals surface area contributed by atoms with E-state index in [0.29, 0.717) is 25.7 Å². The number of nitrogens with one attached hydrogen (secondary N) is 2. The Labute approximate surface area is 202 Å². The fourth-order valence-corrected chi connectivity index (χ4v) is 3.77. The number of aliphatic carboxylic acids is 1. The van der Waals surface area contributed by atoms with Crippen molar-refractivity contribution in [3.63, 3.8) is 0 Å². The van der Waals surface area contributed by atoms with Crippen molar-refractivity contribution >= 4 is 17.8 Å². The molecule has 0 bridgehead atoms. The maximum atomic E-state index is 14.5. The standard InChI is InChI=1S/C24H23F5N2O5/c25-19-17(9-10-18(20(19)26)36-16-7-3-14(4-8-16)23(34)35)22(33)31-12-11-30-21(32)13-1-5-15(6-2-13)24(27,28)29/h1-2,5-6,9-10,14,16H,3-4,7-8,11-12H2,(H,30,32)(H,31,33)(H,34,35). The predicted octanol–water partition coefficient (Wildman–Crippen LogP) is 4.17. The van der Waals surface area contributed by atoms with E-state index in [9.17, 15) is 36.3 Å². The van der Waals surface area contributed by atoms with Crippen LogP contribution >= 0.6 is 0 Å². The summed E-state index contributed by atoms with van der Waals surface area (Å²) in [6.07, 6.45) is -3.53. The van der Waals surface area contributed by atoms with Crippen LogP contribution in [0.25, 0.3) is 0 Å². The van der Waals surface area contributed by atoms with Crippen molar-refractivity contribution in [1.82, 2.24) is 10.6 Å². The third kappa shape index (κ3) is 6.70. The molecular formula is C24H23F5N2O5. The van der Waals surface area contributed by atoms with Gasteiger partial charge < -0.3 is 20.5 Å². The molecule has 1 saturated carbocycles. The predicted molar refractivity (Wildman–Crippen MR) is 116 cm³/mol. The van der Waals surface area contributed by atoms with Gasteiger partial charge in [0.1, 0.15) is 0 Å². The first-order valence-corrected chi connectivity index (χ1v) is 11.1. The van der Waals surface area contributed by atoms with E-state index in [0.717, 1.165) is 36.4 Å². The molecule has 0 saturated heterocycles. The number of ether oxygens (including phenoxy) is 1. The quantitative estimate of drug-likeness (QED) is 0.363. The topological polar surface area (TPSA) is 105 Å². The van der Waals surface area contributed by atoms with Crippen molar-refractivity contribution < 1.29 is 46.2 Å². The molecule has 2 aromatic rings. The zero-order chi connectivity index (χ0) is 26.5. The number of rotatable bonds is 8. The number of halogens is 5. The van der Waals surface area contributed by atoms with Gasteiger partial charge in [0.2, 0.25) is 5.82 Å². The first-order chi connectivity index (χ1) is 17.0. The molecule has 7 nitrogen and oxygen atoms in total. The number of benzene rings is 2. The molecule has 2 aromatic carbocycles. The lowest BCUT2D eigenvalue weighted by Gasteiger charge is -2.27. The molecule has 0 unspecified atom stereocenters. The average Bonchev–Trinajstić information content (AvgIpc) is 2.84. The fraction of sp³-hybridized carbons (Fsp3) is 0.375. The highest BCUT2D eigenvalue weighted by Gasteiger charge is 2.30. The van der Waals surface area contributed by atoms with Crippen LogP contribution in [0.4, 0.5) is 22.0 Å². The van der Waals surface area contributed by atoms with E-state index in [4.69, 9.17) is 9.84 Å². The van der Waals surface area contributed by atoms with Gasteiger partial charge in [-0.2, -0.15) is 17.6 Å². The number of hydrogen-bond donors (Lipinski definition) is 3. The molecule has 12 heteroatoms. The SMILES string of the molecule is O=C(NCCNC(=O)c1ccc(OC2CCC(C(=O)O)CC2)c(F)c1F)c1ccc(C(F)(F)F)cc1. The molecule has 0 atom stereocenters. The Morgan fingerprint density at radius 2 is 1.44 bits per heavy atom. The van der Waals surface area contributed by atoms with E-state index in [2.05, 4.69) is 10.6 Å². The molecule has 0 radical (unpaired) electrons. The number of amides is 2. The van der Waals surface area contributed by atoms with Gasteiger partial charge in [-0.25, -0.2) is 4.39 Å². The molecule has 0 heterocycles. The van der Waals surface area contributed by atoms with Gasteiger partial charge in [-0.05, 0) is 62.1 Å². The second kappa shape index (κ2) is 11.4. The van der Waals surface area contributed by atoms with Crippen LogP contribution < -0.4 is 15.4 Å². The highest BCUT2D eigenvalue weighted by atomic mass is 19.4. The second-order valence-corrected chi connectivity index (χ2v) is 8.26. The van der Waals surface area contributed by atoms with Gasteiger partial charge in [-0.1, -0.05) is 0 Å². The zero-order valence-corrected chi connectivity index (χ0v) is 18.8. The summed E-state index contributed by atoms with van der Waals surface area (Å²) >= 11 is 0. The Morgan fingerprint density at radius 1 is 0.861 bits per heavy atom. The van der Waals surface area contributed by atoms with Crippen LogP contribution in [0.2, 0.25) is 0 Å². The third-order valence-corrected chi connectivity index (χ3v) is 5.78. The normalized spacial score (nSPS) is 17.8. The Balaban J connectivity index is 1.48. The summed E-state index contributed by atoms with van der Waals surface area (Å²) in [6, 6.07) is 5.72. The smallest absolute Gasteiger partial charge is 0.416 e. The molecule has 3 rings (SSSR count). The summed E-state index contributed by atoms with van der Waals surface area (Å²) < 4.78 is 72.2. The number of alkyl halides is 3. The first-order valence-electron chi connectivity index (χ1n) is 11.1. The molecule has 194 valence electrons. The van der Waals surface area contributed by atoms with Crippen molar-refractivity contribution in [1.29, 1.82) is 0 Å². The van der Waals surface area contributed by atoms with Gasteiger partial charge in [0.25, 0.3) is 11.8 Å². The Morgan fingerprint density at radius 3 is 2.00 bits per heavy atom. The van der Waals surface area contributed by atoms with Crippen molar-refractivity contribution in [3.8, 4) is 5.75 Å². The number of carbonyl (C=O) groups excluding carboxylic acids is 2. The van der Waals surface area contributed by atoms with E-state index in [1.165, 1.54) is 0 Å². The fourth-order valence-electron chi connectivity index (χ4n) is 3.77. The van der Waals surface area contributed by atoms with E-state index in [1.54, 1.807) is 0 Å². The number of carboxylic acid groups (broad SMARTS) is 1. The summed E-state index contributed by atoms with van der Waals surface area (Å²) in [5.41, 5.74) is -1.50. The van der Waals surface area contributed by atoms with Crippen LogP contribution in [0.15, 0.2) is 36.4 Å². The maximum absolute atomic E-state index is 14.5. The number of carboxylic acids is 1. The summed E-state index contributed by atoms with van der Waals surface area (Å²) in [6.45, 7) is -0.271. The van der Waals surface area contributed by atoms with E-state index >= 15 is 0 Å². The van der Waals surface area contributed by atoms with Gasteiger partial charge >= 0.3 is 12.1 Å². The molecule has 3 N–H and O–H groups in total. The molecule has 2 amide bonds. The van der Waals surface area contributed by atoms with E-state index < -0.39 is 58.7 Å². The molecule has 0 aromatic heterocycles. The molecular weight excluding hydrogens is 491 g/mol. The molecule has 1 fully saturated rings. The number of hydrogen-bond acceptors (Lipinski definition) is 4. The van der Waals surface area contributed by atoms with Crippen molar-refractivity contribution in [2.24, 2.45) is 5.92 Å². The molecule has 36 heavy (non-hydrogen) atoms. The maximum Gasteiger partial charge on any atom is 0.416 e. The van der Waals surface area contributed by atoms with Gasteiger partial charge in [-0.3, -0.25) is 14.4 Å². The number of carbonyl (C=O) groups is 3. The van der Waals surface area contributed by atoms with Crippen LogP contribution in [0, 0.1) is 17.6 Å². The monoisotopic (exact) mass is 514 g/mol. The van der Waals surface area contributed by atoms with E-state index in [-0.39, 0.29) is 24.4 Å².